The Balaban J connectivity index is 2.17. The molecule has 0 amide bonds. The average Bonchev–Trinajstić information content (AvgIpc) is 2.71. The summed E-state index contributed by atoms with van der Waals surface area (Å²) < 4.78 is 3.29. The van der Waals surface area contributed by atoms with Gasteiger partial charge in [-0.2, -0.15) is 0 Å². The zero-order valence-corrected chi connectivity index (χ0v) is 12.2. The molecular weight excluding hydrogens is 290 g/mol. The third kappa shape index (κ3) is 1.85. The summed E-state index contributed by atoms with van der Waals surface area (Å²) in [5.41, 5.74) is 4.78. The van der Waals surface area contributed by atoms with E-state index in [0.29, 0.717) is 0 Å². The Labute approximate surface area is 115 Å². The zero-order chi connectivity index (χ0) is 12.7. The van der Waals surface area contributed by atoms with Crippen LogP contribution in [0, 0.1) is 13.8 Å². The first kappa shape index (κ1) is 11.8. The van der Waals surface area contributed by atoms with Gasteiger partial charge in [0.1, 0.15) is 10.3 Å². The number of halogens is 1. The summed E-state index contributed by atoms with van der Waals surface area (Å²) in [5, 5.41) is 3.35. The lowest BCUT2D eigenvalue weighted by atomic mass is 10.0. The Morgan fingerprint density at radius 3 is 2.94 bits per heavy atom. The summed E-state index contributed by atoms with van der Waals surface area (Å²) >= 11 is 3.69. The minimum Gasteiger partial charge on any atom is -0.356 e. The van der Waals surface area contributed by atoms with E-state index in [4.69, 9.17) is 4.98 Å². The summed E-state index contributed by atoms with van der Waals surface area (Å²) in [6.45, 7) is 6.29. The molecule has 18 heavy (non-hydrogen) atoms. The molecule has 0 fully saturated rings. The van der Waals surface area contributed by atoms with Crippen LogP contribution in [-0.2, 0) is 6.54 Å². The van der Waals surface area contributed by atoms with Gasteiger partial charge in [-0.25, -0.2) is 4.98 Å². The molecule has 94 valence electrons. The number of aromatic nitrogens is 2. The largest absolute Gasteiger partial charge is 0.356 e. The highest BCUT2D eigenvalue weighted by atomic mass is 79.9. The highest BCUT2D eigenvalue weighted by Gasteiger charge is 2.19. The van der Waals surface area contributed by atoms with Gasteiger partial charge in [0, 0.05) is 18.7 Å². The van der Waals surface area contributed by atoms with Gasteiger partial charge < -0.3 is 9.88 Å². The van der Waals surface area contributed by atoms with Crippen LogP contribution in [0.4, 0.5) is 5.95 Å². The number of fused-ring (bicyclic) bond motifs is 1. The van der Waals surface area contributed by atoms with Crippen molar-refractivity contribution in [1.82, 2.24) is 9.55 Å². The van der Waals surface area contributed by atoms with Gasteiger partial charge in [-0.05, 0) is 47.8 Å². The quantitative estimate of drug-likeness (QED) is 0.869. The maximum Gasteiger partial charge on any atom is 0.204 e. The SMILES string of the molecule is Cc1ccc(C)c(-c2nc3n(c2Br)CCCN3)c1. The highest BCUT2D eigenvalue weighted by Crippen LogP contribution is 2.34. The van der Waals surface area contributed by atoms with E-state index >= 15 is 0 Å². The highest BCUT2D eigenvalue weighted by molar-refractivity contribution is 9.10. The molecule has 0 spiro atoms. The minimum atomic E-state index is 0.976. The Morgan fingerprint density at radius 1 is 1.33 bits per heavy atom. The standard InChI is InChI=1S/C14H16BrN3/c1-9-4-5-10(2)11(8-9)12-13(15)18-7-3-6-16-14(18)17-12/h4-5,8H,3,6-7H2,1-2H3,(H,16,17). The molecule has 0 aliphatic carbocycles. The summed E-state index contributed by atoms with van der Waals surface area (Å²) in [6.07, 6.45) is 1.15. The molecule has 2 aromatic rings. The predicted octanol–water partition coefficient (Wildman–Crippen LogP) is 3.75. The monoisotopic (exact) mass is 305 g/mol. The molecule has 4 heteroatoms. The van der Waals surface area contributed by atoms with Crippen molar-refractivity contribution in [1.29, 1.82) is 0 Å². The van der Waals surface area contributed by atoms with Crippen LogP contribution in [0.5, 0.6) is 0 Å². The number of nitrogens with one attached hydrogen (secondary N) is 1. The fraction of sp³-hybridized carbons (Fsp3) is 0.357. The van der Waals surface area contributed by atoms with Gasteiger partial charge >= 0.3 is 0 Å². The summed E-state index contributed by atoms with van der Waals surface area (Å²) in [4.78, 5) is 4.73. The molecule has 1 aromatic carbocycles. The van der Waals surface area contributed by atoms with E-state index in [1.54, 1.807) is 0 Å². The maximum absolute atomic E-state index is 4.73. The first-order valence-electron chi connectivity index (χ1n) is 6.24. The van der Waals surface area contributed by atoms with E-state index < -0.39 is 0 Å². The van der Waals surface area contributed by atoms with Gasteiger partial charge in [-0.15, -0.1) is 0 Å². The summed E-state index contributed by atoms with van der Waals surface area (Å²) in [7, 11) is 0. The smallest absolute Gasteiger partial charge is 0.204 e. The van der Waals surface area contributed by atoms with E-state index in [1.165, 1.54) is 16.7 Å². The third-order valence-corrected chi connectivity index (χ3v) is 4.20. The van der Waals surface area contributed by atoms with Crippen molar-refractivity contribution >= 4 is 21.9 Å². The Bertz CT molecular complexity index is 601. The molecule has 0 bridgehead atoms. The van der Waals surface area contributed by atoms with Crippen LogP contribution in [0.1, 0.15) is 17.5 Å². The number of benzene rings is 1. The lowest BCUT2D eigenvalue weighted by Crippen LogP contribution is -2.17. The molecule has 2 heterocycles. The predicted molar refractivity (Wildman–Crippen MR) is 77.9 cm³/mol. The summed E-state index contributed by atoms with van der Waals surface area (Å²) in [5.74, 6) is 0.976. The molecule has 0 atom stereocenters. The molecule has 0 saturated heterocycles. The lowest BCUT2D eigenvalue weighted by Gasteiger charge is -2.15. The molecule has 1 N–H and O–H groups in total. The van der Waals surface area contributed by atoms with Crippen molar-refractivity contribution in [2.24, 2.45) is 0 Å². The van der Waals surface area contributed by atoms with Crippen molar-refractivity contribution in [3.63, 3.8) is 0 Å². The Morgan fingerprint density at radius 2 is 2.17 bits per heavy atom. The third-order valence-electron chi connectivity index (χ3n) is 3.40. The van der Waals surface area contributed by atoms with Gasteiger partial charge in [-0.3, -0.25) is 0 Å². The second-order valence-electron chi connectivity index (χ2n) is 4.83. The maximum atomic E-state index is 4.73. The van der Waals surface area contributed by atoms with Crippen molar-refractivity contribution in [2.75, 3.05) is 11.9 Å². The molecule has 3 nitrogen and oxygen atoms in total. The second kappa shape index (κ2) is 4.43. The van der Waals surface area contributed by atoms with E-state index in [9.17, 15) is 0 Å². The van der Waals surface area contributed by atoms with Gasteiger partial charge in [0.25, 0.3) is 0 Å². The Hall–Kier alpha value is -1.29. The molecule has 0 unspecified atom stereocenters. The van der Waals surface area contributed by atoms with Crippen molar-refractivity contribution in [2.45, 2.75) is 26.8 Å². The average molecular weight is 306 g/mol. The first-order chi connectivity index (χ1) is 8.66. The fourth-order valence-corrected chi connectivity index (χ4v) is 3.02. The number of hydrogen-bond donors (Lipinski definition) is 1. The van der Waals surface area contributed by atoms with Crippen molar-refractivity contribution in [3.05, 3.63) is 33.9 Å². The van der Waals surface area contributed by atoms with Crippen LogP contribution in [0.3, 0.4) is 0 Å². The number of imidazole rings is 1. The topological polar surface area (TPSA) is 29.9 Å². The van der Waals surface area contributed by atoms with Crippen LogP contribution < -0.4 is 5.32 Å². The number of aryl methyl sites for hydroxylation is 2. The molecule has 3 rings (SSSR count). The number of nitrogens with zero attached hydrogens (tertiary/aromatic N) is 2. The van der Waals surface area contributed by atoms with Gasteiger partial charge in [0.05, 0.1) is 0 Å². The number of hydrogen-bond acceptors (Lipinski definition) is 2. The molecule has 0 radical (unpaired) electrons. The normalized spacial score (nSPS) is 14.2. The van der Waals surface area contributed by atoms with Gasteiger partial charge in [0.15, 0.2) is 0 Å². The summed E-state index contributed by atoms with van der Waals surface area (Å²) in [6, 6.07) is 6.50. The van der Waals surface area contributed by atoms with Crippen LogP contribution in [-0.4, -0.2) is 16.1 Å². The molecule has 1 aliphatic heterocycles. The zero-order valence-electron chi connectivity index (χ0n) is 10.6. The van der Waals surface area contributed by atoms with E-state index in [1.807, 2.05) is 0 Å². The molecule has 0 saturated carbocycles. The number of rotatable bonds is 1. The first-order valence-corrected chi connectivity index (χ1v) is 7.03. The molecule has 1 aromatic heterocycles. The van der Waals surface area contributed by atoms with Crippen molar-refractivity contribution < 1.29 is 0 Å². The lowest BCUT2D eigenvalue weighted by molar-refractivity contribution is 0.618. The van der Waals surface area contributed by atoms with Crippen LogP contribution >= 0.6 is 15.9 Å². The van der Waals surface area contributed by atoms with E-state index in [-0.39, 0.29) is 0 Å². The number of anilines is 1. The van der Waals surface area contributed by atoms with Crippen molar-refractivity contribution in [3.8, 4) is 11.3 Å². The van der Waals surface area contributed by atoms with E-state index in [0.717, 1.165) is 35.8 Å². The van der Waals surface area contributed by atoms with Crippen LogP contribution in [0.2, 0.25) is 0 Å². The van der Waals surface area contributed by atoms with Crippen LogP contribution in [0.25, 0.3) is 11.3 Å². The Kier molecular flexibility index (Phi) is 2.90. The van der Waals surface area contributed by atoms with Crippen LogP contribution in [0.15, 0.2) is 22.8 Å². The fourth-order valence-electron chi connectivity index (χ4n) is 2.37. The van der Waals surface area contributed by atoms with E-state index in [2.05, 4.69) is 57.9 Å². The van der Waals surface area contributed by atoms with Gasteiger partial charge in [0.2, 0.25) is 5.95 Å². The molecular formula is C14H16BrN3. The molecule has 1 aliphatic rings. The second-order valence-corrected chi connectivity index (χ2v) is 5.58. The minimum absolute atomic E-state index is 0.976. The van der Waals surface area contributed by atoms with Gasteiger partial charge in [-0.1, -0.05) is 17.7 Å².